The summed E-state index contributed by atoms with van der Waals surface area (Å²) in [7, 11) is 0. The molecular weight excluding hydrogens is 304 g/mol. The fourth-order valence-corrected chi connectivity index (χ4v) is 1.81. The zero-order valence-corrected chi connectivity index (χ0v) is 12.3. The van der Waals surface area contributed by atoms with Crippen molar-refractivity contribution in [3.8, 4) is 18.2 Å². The molecule has 0 spiro atoms. The fourth-order valence-electron chi connectivity index (χ4n) is 1.81. The van der Waals surface area contributed by atoms with Crippen molar-refractivity contribution >= 4 is 17.3 Å². The summed E-state index contributed by atoms with van der Waals surface area (Å²) in [5.41, 5.74) is 0.798. The first kappa shape index (κ1) is 16.2. The maximum Gasteiger partial charge on any atom is 0.255 e. The van der Waals surface area contributed by atoms with E-state index in [4.69, 9.17) is 15.8 Å². The van der Waals surface area contributed by atoms with Crippen molar-refractivity contribution in [2.75, 3.05) is 10.6 Å². The van der Waals surface area contributed by atoms with Gasteiger partial charge in [0.25, 0.3) is 5.91 Å². The number of rotatable bonds is 4. The molecule has 0 saturated carbocycles. The highest BCUT2D eigenvalue weighted by molar-refractivity contribution is 6.04. The van der Waals surface area contributed by atoms with Gasteiger partial charge in [0.05, 0.1) is 11.9 Å². The number of hydrogen-bond acceptors (Lipinski definition) is 6. The van der Waals surface area contributed by atoms with Crippen LogP contribution in [0.5, 0.6) is 0 Å². The molecule has 0 aliphatic carbocycles. The monoisotopic (exact) mass is 314 g/mol. The van der Waals surface area contributed by atoms with Gasteiger partial charge >= 0.3 is 0 Å². The molecule has 2 N–H and O–H groups in total. The molecule has 0 saturated heterocycles. The minimum Gasteiger partial charge on any atom is -0.345 e. The van der Waals surface area contributed by atoms with Crippen molar-refractivity contribution < 1.29 is 4.79 Å². The van der Waals surface area contributed by atoms with Crippen LogP contribution in [0.15, 0.2) is 60.1 Å². The van der Waals surface area contributed by atoms with Crippen LogP contribution in [-0.2, 0) is 0 Å². The first-order chi connectivity index (χ1) is 11.7. The Morgan fingerprint density at radius 2 is 1.71 bits per heavy atom. The van der Waals surface area contributed by atoms with Crippen LogP contribution in [0.2, 0.25) is 0 Å². The fraction of sp³-hybridized carbons (Fsp3) is 0. The van der Waals surface area contributed by atoms with Crippen LogP contribution in [0.25, 0.3) is 0 Å². The largest absolute Gasteiger partial charge is 0.345 e. The average Bonchev–Trinajstić information content (AvgIpc) is 2.63. The number of nitriles is 3. The molecule has 1 heterocycles. The van der Waals surface area contributed by atoms with E-state index in [0.717, 1.165) is 0 Å². The first-order valence-corrected chi connectivity index (χ1v) is 6.71. The van der Waals surface area contributed by atoms with Gasteiger partial charge in [-0.25, -0.2) is 0 Å². The van der Waals surface area contributed by atoms with Crippen molar-refractivity contribution in [3.63, 3.8) is 0 Å². The third-order valence-electron chi connectivity index (χ3n) is 2.90. The Labute approximate surface area is 138 Å². The van der Waals surface area contributed by atoms with E-state index in [1.165, 1.54) is 12.3 Å². The quantitative estimate of drug-likeness (QED) is 0.835. The lowest BCUT2D eigenvalue weighted by Gasteiger charge is -2.08. The molecular formula is C17H10N6O. The Kier molecular flexibility index (Phi) is 5.23. The lowest BCUT2D eigenvalue weighted by Crippen LogP contribution is -2.12. The second-order valence-corrected chi connectivity index (χ2v) is 4.49. The van der Waals surface area contributed by atoms with E-state index in [-0.39, 0.29) is 17.2 Å². The standard InChI is InChI=1S/C17H10N6O/c18-8-13(9-19)16(10-20)22-14-4-1-3-12(7-14)17(24)23-15-5-2-6-21-11-15/h1-7,11,22H,(H,23,24). The van der Waals surface area contributed by atoms with Crippen molar-refractivity contribution in [1.29, 1.82) is 15.8 Å². The summed E-state index contributed by atoms with van der Waals surface area (Å²) in [4.78, 5) is 16.1. The van der Waals surface area contributed by atoms with E-state index in [0.29, 0.717) is 16.9 Å². The minimum atomic E-state index is -0.352. The number of benzene rings is 1. The SMILES string of the molecule is N#CC(C#N)=C(C#N)Nc1cccc(C(=O)Nc2cccnc2)c1. The summed E-state index contributed by atoms with van der Waals surface area (Å²) < 4.78 is 0. The summed E-state index contributed by atoms with van der Waals surface area (Å²) in [5, 5.41) is 32.0. The third-order valence-corrected chi connectivity index (χ3v) is 2.90. The minimum absolute atomic E-state index is 0.176. The second-order valence-electron chi connectivity index (χ2n) is 4.49. The van der Waals surface area contributed by atoms with Crippen LogP contribution in [0.3, 0.4) is 0 Å². The Morgan fingerprint density at radius 1 is 0.958 bits per heavy atom. The van der Waals surface area contributed by atoms with Crippen LogP contribution >= 0.6 is 0 Å². The molecule has 114 valence electrons. The zero-order chi connectivity index (χ0) is 17.4. The summed E-state index contributed by atoms with van der Waals surface area (Å²) in [6.45, 7) is 0. The van der Waals surface area contributed by atoms with Gasteiger partial charge in [-0.15, -0.1) is 0 Å². The van der Waals surface area contributed by atoms with Crippen molar-refractivity contribution in [2.24, 2.45) is 0 Å². The van der Waals surface area contributed by atoms with E-state index in [9.17, 15) is 4.79 Å². The molecule has 7 nitrogen and oxygen atoms in total. The van der Waals surface area contributed by atoms with Gasteiger partial charge in [-0.2, -0.15) is 15.8 Å². The summed E-state index contributed by atoms with van der Waals surface area (Å²) in [6, 6.07) is 14.8. The van der Waals surface area contributed by atoms with Gasteiger partial charge in [0, 0.05) is 17.4 Å². The molecule has 0 unspecified atom stereocenters. The normalized spacial score (nSPS) is 8.88. The number of nitrogens with zero attached hydrogens (tertiary/aromatic N) is 4. The predicted octanol–water partition coefficient (Wildman–Crippen LogP) is 2.57. The molecule has 0 aliphatic rings. The highest BCUT2D eigenvalue weighted by atomic mass is 16.1. The van der Waals surface area contributed by atoms with Gasteiger partial charge < -0.3 is 10.6 Å². The maximum atomic E-state index is 12.2. The van der Waals surface area contributed by atoms with Crippen LogP contribution < -0.4 is 10.6 Å². The number of hydrogen-bond donors (Lipinski definition) is 2. The molecule has 2 aromatic rings. The van der Waals surface area contributed by atoms with Gasteiger partial charge in [-0.05, 0) is 30.3 Å². The number of carbonyl (C=O) groups excluding carboxylic acids is 1. The zero-order valence-electron chi connectivity index (χ0n) is 12.3. The molecule has 7 heteroatoms. The molecule has 1 aromatic carbocycles. The molecule has 0 radical (unpaired) electrons. The van der Waals surface area contributed by atoms with Crippen molar-refractivity contribution in [1.82, 2.24) is 4.98 Å². The number of allylic oxidation sites excluding steroid dienone is 2. The van der Waals surface area contributed by atoms with Crippen LogP contribution in [-0.4, -0.2) is 10.9 Å². The first-order valence-electron chi connectivity index (χ1n) is 6.71. The van der Waals surface area contributed by atoms with Crippen molar-refractivity contribution in [2.45, 2.75) is 0 Å². The van der Waals surface area contributed by atoms with E-state index in [1.807, 2.05) is 0 Å². The molecule has 1 aromatic heterocycles. The van der Waals surface area contributed by atoms with Crippen LogP contribution in [0, 0.1) is 34.0 Å². The average molecular weight is 314 g/mol. The molecule has 0 atom stereocenters. The number of anilines is 2. The highest BCUT2D eigenvalue weighted by Gasteiger charge is 2.09. The summed E-state index contributed by atoms with van der Waals surface area (Å²) in [6.07, 6.45) is 3.11. The van der Waals surface area contributed by atoms with E-state index < -0.39 is 0 Å². The topological polar surface area (TPSA) is 125 Å². The number of pyridine rings is 1. The molecule has 24 heavy (non-hydrogen) atoms. The van der Waals surface area contributed by atoms with Gasteiger partial charge in [0.1, 0.15) is 23.9 Å². The number of carbonyl (C=O) groups is 1. The molecule has 1 amide bonds. The van der Waals surface area contributed by atoms with Gasteiger partial charge in [-0.1, -0.05) is 6.07 Å². The van der Waals surface area contributed by atoms with Gasteiger partial charge in [0.15, 0.2) is 5.57 Å². The third kappa shape index (κ3) is 3.94. The number of aromatic nitrogens is 1. The van der Waals surface area contributed by atoms with E-state index in [1.54, 1.807) is 54.7 Å². The lowest BCUT2D eigenvalue weighted by molar-refractivity contribution is 0.102. The number of amides is 1. The highest BCUT2D eigenvalue weighted by Crippen LogP contribution is 2.16. The maximum absolute atomic E-state index is 12.2. The molecule has 0 aliphatic heterocycles. The summed E-state index contributed by atoms with van der Waals surface area (Å²) in [5.74, 6) is -0.352. The van der Waals surface area contributed by atoms with E-state index >= 15 is 0 Å². The van der Waals surface area contributed by atoms with Crippen LogP contribution in [0.1, 0.15) is 10.4 Å². The molecule has 2 rings (SSSR count). The Hall–Kier alpha value is -4.15. The lowest BCUT2D eigenvalue weighted by atomic mass is 10.1. The van der Waals surface area contributed by atoms with Crippen molar-refractivity contribution in [3.05, 3.63) is 65.6 Å². The molecule has 0 fully saturated rings. The van der Waals surface area contributed by atoms with E-state index in [2.05, 4.69) is 15.6 Å². The number of nitrogens with one attached hydrogen (secondary N) is 2. The summed E-state index contributed by atoms with van der Waals surface area (Å²) >= 11 is 0. The Morgan fingerprint density at radius 3 is 2.33 bits per heavy atom. The Bertz CT molecular complexity index is 897. The second kappa shape index (κ2) is 7.74. The smallest absolute Gasteiger partial charge is 0.255 e. The Balaban J connectivity index is 2.22. The predicted molar refractivity (Wildman–Crippen MR) is 86.1 cm³/mol. The molecule has 0 bridgehead atoms. The van der Waals surface area contributed by atoms with Crippen LogP contribution in [0.4, 0.5) is 11.4 Å². The van der Waals surface area contributed by atoms with Gasteiger partial charge in [0.2, 0.25) is 0 Å². The van der Waals surface area contributed by atoms with Gasteiger partial charge in [-0.3, -0.25) is 9.78 Å².